The van der Waals surface area contributed by atoms with Crippen molar-refractivity contribution in [3.8, 4) is 17.4 Å². The number of fused-ring (bicyclic) bond motifs is 2. The molecule has 0 N–H and O–H groups in total. The molecule has 0 amide bonds. The van der Waals surface area contributed by atoms with E-state index >= 15 is 4.39 Å². The van der Waals surface area contributed by atoms with Crippen molar-refractivity contribution >= 4 is 22.1 Å². The van der Waals surface area contributed by atoms with Crippen molar-refractivity contribution in [2.45, 2.75) is 32.7 Å². The summed E-state index contributed by atoms with van der Waals surface area (Å²) in [6.45, 7) is 2.69. The molecular weight excluding hydrogens is 403 g/mol. The van der Waals surface area contributed by atoms with Crippen LogP contribution < -0.4 is 0 Å². The van der Waals surface area contributed by atoms with Gasteiger partial charge in [-0.05, 0) is 48.4 Å². The van der Waals surface area contributed by atoms with E-state index in [4.69, 9.17) is 9.40 Å². The molecule has 5 rings (SSSR count). The molecule has 2 aromatic carbocycles. The molecule has 0 bridgehead atoms. The van der Waals surface area contributed by atoms with Crippen molar-refractivity contribution in [3.63, 3.8) is 0 Å². The largest absolute Gasteiger partial charge is 0.453 e. The number of aromatic nitrogens is 3. The molecule has 0 atom stereocenters. The molecule has 0 aliphatic heterocycles. The second kappa shape index (κ2) is 8.27. The smallest absolute Gasteiger partial charge is 0.177 e. The Morgan fingerprint density at radius 3 is 2.84 bits per heavy atom. The first-order chi connectivity index (χ1) is 15.7. The highest BCUT2D eigenvalue weighted by Crippen LogP contribution is 2.34. The van der Waals surface area contributed by atoms with Gasteiger partial charge in [0, 0.05) is 18.2 Å². The standard InChI is InChI=1S/C26H21FN4O/c1-2-3-10-23-30-21-9-6-13-29-26(21)31(23)16-17-11-12-22-20(14-17)24(27)25(32-22)19-8-5-4-7-18(19)15-28/h4-9,11-14H,2-3,10,16H2,1H3. The SMILES string of the molecule is CCCCc1nc2cccnc2n1Cc1ccc2oc(-c3ccccc3C#N)c(F)c2c1. The van der Waals surface area contributed by atoms with Gasteiger partial charge in [0.1, 0.15) is 16.9 Å². The van der Waals surface area contributed by atoms with E-state index in [2.05, 4.69) is 22.5 Å². The van der Waals surface area contributed by atoms with Crippen LogP contribution in [-0.2, 0) is 13.0 Å². The van der Waals surface area contributed by atoms with Gasteiger partial charge in [0.15, 0.2) is 17.2 Å². The number of rotatable bonds is 6. The number of aryl methyl sites for hydroxylation is 1. The minimum absolute atomic E-state index is 0.0904. The van der Waals surface area contributed by atoms with Crippen LogP contribution in [-0.4, -0.2) is 14.5 Å². The van der Waals surface area contributed by atoms with E-state index in [0.717, 1.165) is 41.8 Å². The molecule has 158 valence electrons. The van der Waals surface area contributed by atoms with E-state index in [1.54, 1.807) is 36.5 Å². The minimum atomic E-state index is -0.454. The lowest BCUT2D eigenvalue weighted by Crippen LogP contribution is -2.06. The third-order valence-electron chi connectivity index (χ3n) is 5.66. The van der Waals surface area contributed by atoms with Crippen molar-refractivity contribution in [2.24, 2.45) is 0 Å². The summed E-state index contributed by atoms with van der Waals surface area (Å²) in [5.41, 5.74) is 3.91. The number of imidazole rings is 1. The molecular formula is C26H21FN4O. The molecule has 0 radical (unpaired) electrons. The lowest BCUT2D eigenvalue weighted by atomic mass is 10.1. The highest BCUT2D eigenvalue weighted by atomic mass is 19.1. The quantitative estimate of drug-likeness (QED) is 0.323. The molecule has 0 aliphatic carbocycles. The van der Waals surface area contributed by atoms with Crippen LogP contribution in [0.15, 0.2) is 65.2 Å². The average molecular weight is 424 g/mol. The topological polar surface area (TPSA) is 67.6 Å². The van der Waals surface area contributed by atoms with Gasteiger partial charge in [0.05, 0.1) is 23.6 Å². The fourth-order valence-electron chi connectivity index (χ4n) is 4.04. The van der Waals surface area contributed by atoms with Gasteiger partial charge in [0.2, 0.25) is 0 Å². The predicted molar refractivity (Wildman–Crippen MR) is 122 cm³/mol. The van der Waals surface area contributed by atoms with Crippen LogP contribution in [0.1, 0.15) is 36.7 Å². The summed E-state index contributed by atoms with van der Waals surface area (Å²) in [5, 5.41) is 9.78. The van der Waals surface area contributed by atoms with Gasteiger partial charge >= 0.3 is 0 Å². The molecule has 5 nitrogen and oxygen atoms in total. The molecule has 0 fully saturated rings. The van der Waals surface area contributed by atoms with E-state index in [1.165, 1.54) is 0 Å². The van der Waals surface area contributed by atoms with E-state index < -0.39 is 5.82 Å². The second-order valence-electron chi connectivity index (χ2n) is 7.80. The Labute approximate surface area is 184 Å². The first-order valence-electron chi connectivity index (χ1n) is 10.7. The molecule has 0 saturated carbocycles. The molecule has 0 saturated heterocycles. The zero-order chi connectivity index (χ0) is 22.1. The van der Waals surface area contributed by atoms with Crippen LogP contribution in [0.5, 0.6) is 0 Å². The summed E-state index contributed by atoms with van der Waals surface area (Å²) in [4.78, 5) is 9.29. The van der Waals surface area contributed by atoms with E-state index in [9.17, 15) is 5.26 Å². The molecule has 0 unspecified atom stereocenters. The number of halogens is 1. The Morgan fingerprint density at radius 2 is 2.00 bits per heavy atom. The number of nitriles is 1. The van der Waals surface area contributed by atoms with E-state index in [0.29, 0.717) is 28.6 Å². The summed E-state index contributed by atoms with van der Waals surface area (Å²) in [5.74, 6) is 0.619. The van der Waals surface area contributed by atoms with Crippen LogP contribution in [0.2, 0.25) is 0 Å². The maximum atomic E-state index is 15.4. The van der Waals surface area contributed by atoms with Crippen LogP contribution in [0.4, 0.5) is 4.39 Å². The molecule has 5 aromatic rings. The van der Waals surface area contributed by atoms with Crippen molar-refractivity contribution in [1.82, 2.24) is 14.5 Å². The first kappa shape index (κ1) is 20.0. The van der Waals surface area contributed by atoms with Crippen LogP contribution in [0, 0.1) is 17.1 Å². The normalized spacial score (nSPS) is 11.3. The van der Waals surface area contributed by atoms with Gasteiger partial charge in [-0.15, -0.1) is 0 Å². The molecule has 6 heteroatoms. The lowest BCUT2D eigenvalue weighted by Gasteiger charge is -2.09. The Bertz CT molecular complexity index is 1470. The Balaban J connectivity index is 1.57. The zero-order valence-electron chi connectivity index (χ0n) is 17.7. The molecule has 3 aromatic heterocycles. The van der Waals surface area contributed by atoms with Gasteiger partial charge in [-0.1, -0.05) is 31.5 Å². The summed E-state index contributed by atoms with van der Waals surface area (Å²) < 4.78 is 23.3. The van der Waals surface area contributed by atoms with Gasteiger partial charge in [-0.2, -0.15) is 5.26 Å². The van der Waals surface area contributed by atoms with Crippen molar-refractivity contribution in [1.29, 1.82) is 5.26 Å². The lowest BCUT2D eigenvalue weighted by molar-refractivity contribution is 0.574. The first-order valence-corrected chi connectivity index (χ1v) is 10.7. The molecule has 32 heavy (non-hydrogen) atoms. The maximum absolute atomic E-state index is 15.4. The number of pyridine rings is 1. The zero-order valence-corrected chi connectivity index (χ0v) is 17.7. The second-order valence-corrected chi connectivity index (χ2v) is 7.80. The van der Waals surface area contributed by atoms with E-state index in [-0.39, 0.29) is 5.76 Å². The van der Waals surface area contributed by atoms with E-state index in [1.807, 2.05) is 24.3 Å². The van der Waals surface area contributed by atoms with Gasteiger partial charge in [0.25, 0.3) is 0 Å². The van der Waals surface area contributed by atoms with Crippen LogP contribution >= 0.6 is 0 Å². The van der Waals surface area contributed by atoms with Gasteiger partial charge < -0.3 is 8.98 Å². The molecule has 0 spiro atoms. The van der Waals surface area contributed by atoms with Gasteiger partial charge in [-0.3, -0.25) is 0 Å². The van der Waals surface area contributed by atoms with Crippen molar-refractivity contribution in [3.05, 3.63) is 83.6 Å². The number of hydrogen-bond acceptors (Lipinski definition) is 4. The summed E-state index contributed by atoms with van der Waals surface area (Å²) in [7, 11) is 0. The number of nitrogens with zero attached hydrogens (tertiary/aromatic N) is 4. The van der Waals surface area contributed by atoms with Crippen LogP contribution in [0.3, 0.4) is 0 Å². The summed E-state index contributed by atoms with van der Waals surface area (Å²) in [6, 6.07) is 18.4. The van der Waals surface area contributed by atoms with Gasteiger partial charge in [-0.25, -0.2) is 14.4 Å². The third kappa shape index (κ3) is 3.42. The molecule has 3 heterocycles. The van der Waals surface area contributed by atoms with Crippen molar-refractivity contribution < 1.29 is 8.81 Å². The number of unbranched alkanes of at least 4 members (excludes halogenated alkanes) is 1. The fraction of sp³-hybridized carbons (Fsp3) is 0.192. The Hall–Kier alpha value is -3.98. The van der Waals surface area contributed by atoms with Crippen LogP contribution in [0.25, 0.3) is 33.5 Å². The Kier molecular flexibility index (Phi) is 5.16. The summed E-state index contributed by atoms with van der Waals surface area (Å²) >= 11 is 0. The minimum Gasteiger partial charge on any atom is -0.453 e. The predicted octanol–water partition coefficient (Wildman–Crippen LogP) is 6.25. The highest BCUT2D eigenvalue weighted by molar-refractivity contribution is 5.85. The van der Waals surface area contributed by atoms with Crippen molar-refractivity contribution in [2.75, 3.05) is 0 Å². The monoisotopic (exact) mass is 424 g/mol. The third-order valence-corrected chi connectivity index (χ3v) is 5.66. The fourth-order valence-corrected chi connectivity index (χ4v) is 4.04. The molecule has 0 aliphatic rings. The Morgan fingerprint density at radius 1 is 1.12 bits per heavy atom. The number of benzene rings is 2. The maximum Gasteiger partial charge on any atom is 0.177 e. The average Bonchev–Trinajstić information content (AvgIpc) is 3.35. The summed E-state index contributed by atoms with van der Waals surface area (Å²) in [6.07, 6.45) is 4.75. The number of hydrogen-bond donors (Lipinski definition) is 0. The highest BCUT2D eigenvalue weighted by Gasteiger charge is 2.19. The number of furan rings is 1.